The number of rotatable bonds is 8. The van der Waals surface area contributed by atoms with Gasteiger partial charge in [0.15, 0.2) is 0 Å². The zero-order chi connectivity index (χ0) is 30.6. The van der Waals surface area contributed by atoms with Crippen molar-refractivity contribution in [2.75, 3.05) is 66.4 Å². The van der Waals surface area contributed by atoms with E-state index in [-0.39, 0.29) is 43.3 Å². The summed E-state index contributed by atoms with van der Waals surface area (Å²) < 4.78 is 56.6. The molecule has 1 spiro atoms. The summed E-state index contributed by atoms with van der Waals surface area (Å²) in [6.07, 6.45) is 4.82. The predicted molar refractivity (Wildman–Crippen MR) is 164 cm³/mol. The number of alkyl halides is 2. The van der Waals surface area contributed by atoms with Crippen LogP contribution in [-0.2, 0) is 16.4 Å². The summed E-state index contributed by atoms with van der Waals surface area (Å²) in [4.78, 5) is 20.1. The molecule has 0 unspecified atom stereocenters. The second-order valence-corrected chi connectivity index (χ2v) is 14.6. The minimum absolute atomic E-state index is 0.0669. The summed E-state index contributed by atoms with van der Waals surface area (Å²) in [7, 11) is -1.91. The summed E-state index contributed by atoms with van der Waals surface area (Å²) in [5.74, 6) is -3.00. The Balaban J connectivity index is 1.31. The normalized spacial score (nSPS) is 21.6. The number of carbonyl (C=O) groups is 1. The lowest BCUT2D eigenvalue weighted by atomic mass is 9.93. The summed E-state index contributed by atoms with van der Waals surface area (Å²) in [5.41, 5.74) is 4.81. The first kappa shape index (κ1) is 30.1. The van der Waals surface area contributed by atoms with Crippen molar-refractivity contribution in [1.29, 1.82) is 0 Å². The Labute approximate surface area is 252 Å². The largest absolute Gasteiger partial charge is 0.395 e. The van der Waals surface area contributed by atoms with E-state index in [2.05, 4.69) is 19.8 Å². The quantitative estimate of drug-likeness (QED) is 0.408. The number of aliphatic hydroxyl groups excluding tert-OH is 1. The number of halogens is 2. The van der Waals surface area contributed by atoms with Crippen LogP contribution in [0.25, 0.3) is 0 Å². The second kappa shape index (κ2) is 11.2. The van der Waals surface area contributed by atoms with Crippen LogP contribution in [0.2, 0.25) is 0 Å². The number of amides is 1. The number of hydrogen-bond acceptors (Lipinski definition) is 7. The van der Waals surface area contributed by atoms with E-state index in [1.54, 1.807) is 25.1 Å². The molecule has 43 heavy (non-hydrogen) atoms. The zero-order valence-electron chi connectivity index (χ0n) is 24.8. The zero-order valence-corrected chi connectivity index (χ0v) is 25.7. The van der Waals surface area contributed by atoms with Gasteiger partial charge in [0, 0.05) is 64.2 Å². The first-order valence-corrected chi connectivity index (χ1v) is 16.7. The van der Waals surface area contributed by atoms with Gasteiger partial charge < -0.3 is 25.1 Å². The number of carbonyl (C=O) groups excluding carboxylic acids is 1. The van der Waals surface area contributed by atoms with Crippen molar-refractivity contribution in [2.45, 2.75) is 68.7 Å². The lowest BCUT2D eigenvalue weighted by molar-refractivity contribution is -0.0220. The Morgan fingerprint density at radius 2 is 1.60 bits per heavy atom. The molecule has 0 aromatic heterocycles. The molecular formula is C31H41F2N5O4S. The number of benzene rings is 2. The van der Waals surface area contributed by atoms with Gasteiger partial charge in [-0.25, -0.2) is 21.9 Å². The predicted octanol–water partition coefficient (Wildman–Crippen LogP) is 4.21. The van der Waals surface area contributed by atoms with Crippen LogP contribution in [0.1, 0.15) is 61.4 Å². The lowest BCUT2D eigenvalue weighted by Gasteiger charge is -2.36. The molecule has 2 saturated heterocycles. The monoisotopic (exact) mass is 617 g/mol. The fourth-order valence-corrected chi connectivity index (χ4v) is 7.92. The van der Waals surface area contributed by atoms with Gasteiger partial charge in [0.25, 0.3) is 11.8 Å². The minimum atomic E-state index is -3.89. The number of sulfonamides is 1. The molecule has 2 aromatic carbocycles. The minimum Gasteiger partial charge on any atom is -0.395 e. The van der Waals surface area contributed by atoms with Crippen molar-refractivity contribution in [3.8, 4) is 0 Å². The number of aliphatic hydroxyl groups is 1. The van der Waals surface area contributed by atoms with Crippen molar-refractivity contribution in [1.82, 2.24) is 4.72 Å². The van der Waals surface area contributed by atoms with Crippen LogP contribution in [0.3, 0.4) is 0 Å². The maximum Gasteiger partial charge on any atom is 0.255 e. The fraction of sp³-hybridized carbons (Fsp3) is 0.581. The molecule has 1 amide bonds. The number of hydrogen-bond donors (Lipinski definition) is 3. The molecule has 0 bridgehead atoms. The number of fused-ring (bicyclic) bond motifs is 1. The van der Waals surface area contributed by atoms with E-state index in [1.165, 1.54) is 18.9 Å². The standard InChI is InChI=1S/C31H41F2N5O4S/c1-21(20-39)35-43(41,42)24-3-4-25(26(19-24)37-13-8-30(6-7-30)9-14-37)34-29(40)23-17-22-5-12-36(2)28(22)27(18-23)38-15-10-31(32,33)11-16-38/h3-4,17-19,21,35,39H,5-16,20H2,1-2H3,(H,34,40)/t21-/m0/s1. The molecule has 3 N–H and O–H groups in total. The van der Waals surface area contributed by atoms with Crippen LogP contribution in [-0.4, -0.2) is 77.8 Å². The van der Waals surface area contributed by atoms with Gasteiger partial charge in [-0.05, 0) is 80.3 Å². The molecule has 2 aromatic rings. The number of likely N-dealkylation sites (N-methyl/N-ethyl adjacent to an activating group) is 1. The van der Waals surface area contributed by atoms with Crippen molar-refractivity contribution in [3.63, 3.8) is 0 Å². The van der Waals surface area contributed by atoms with E-state index < -0.39 is 22.0 Å². The van der Waals surface area contributed by atoms with Gasteiger partial charge >= 0.3 is 0 Å². The van der Waals surface area contributed by atoms with Gasteiger partial charge in [0.05, 0.1) is 34.3 Å². The van der Waals surface area contributed by atoms with E-state index in [9.17, 15) is 27.1 Å². The van der Waals surface area contributed by atoms with E-state index in [4.69, 9.17) is 0 Å². The summed E-state index contributed by atoms with van der Waals surface area (Å²) in [6.45, 7) is 4.02. The van der Waals surface area contributed by atoms with E-state index in [0.29, 0.717) is 22.4 Å². The summed E-state index contributed by atoms with van der Waals surface area (Å²) in [5, 5.41) is 12.4. The van der Waals surface area contributed by atoms with Crippen molar-refractivity contribution in [3.05, 3.63) is 41.5 Å². The Morgan fingerprint density at radius 3 is 2.26 bits per heavy atom. The Kier molecular flexibility index (Phi) is 7.83. The SMILES string of the molecule is C[C@@H](CO)NS(=O)(=O)c1ccc(NC(=O)c2cc3c(c(N4CCC(F)(F)CC4)c2)N(C)CC3)c(N2CCC3(CC2)CC3)c1. The highest BCUT2D eigenvalue weighted by molar-refractivity contribution is 7.89. The van der Waals surface area contributed by atoms with Gasteiger partial charge in [0.2, 0.25) is 10.0 Å². The Hall–Kier alpha value is -2.96. The van der Waals surface area contributed by atoms with Gasteiger partial charge in [-0.3, -0.25) is 4.79 Å². The third-order valence-corrected chi connectivity index (χ3v) is 11.2. The molecule has 1 aliphatic carbocycles. The van der Waals surface area contributed by atoms with E-state index >= 15 is 0 Å². The van der Waals surface area contributed by atoms with Gasteiger partial charge in [-0.15, -0.1) is 0 Å². The Morgan fingerprint density at radius 1 is 0.953 bits per heavy atom. The first-order valence-electron chi connectivity index (χ1n) is 15.2. The molecule has 234 valence electrons. The number of nitrogens with zero attached hydrogens (tertiary/aromatic N) is 3. The van der Waals surface area contributed by atoms with Crippen molar-refractivity contribution in [2.24, 2.45) is 5.41 Å². The third kappa shape index (κ3) is 6.19. The van der Waals surface area contributed by atoms with Crippen LogP contribution in [0.15, 0.2) is 35.2 Å². The summed E-state index contributed by atoms with van der Waals surface area (Å²) in [6, 6.07) is 7.74. The maximum absolute atomic E-state index is 14.0. The van der Waals surface area contributed by atoms with Crippen LogP contribution in [0.4, 0.5) is 31.5 Å². The fourth-order valence-electron chi connectivity index (χ4n) is 6.67. The molecule has 6 rings (SSSR count). The highest BCUT2D eigenvalue weighted by atomic mass is 32.2. The molecule has 1 atom stereocenters. The lowest BCUT2D eigenvalue weighted by Crippen LogP contribution is -2.40. The molecule has 3 fully saturated rings. The van der Waals surface area contributed by atoms with Crippen LogP contribution >= 0.6 is 0 Å². The molecule has 3 aliphatic heterocycles. The molecule has 1 saturated carbocycles. The number of piperidine rings is 2. The van der Waals surface area contributed by atoms with Crippen LogP contribution in [0, 0.1) is 5.41 Å². The average molecular weight is 618 g/mol. The summed E-state index contributed by atoms with van der Waals surface area (Å²) >= 11 is 0. The van der Waals surface area contributed by atoms with Gasteiger partial charge in [-0.2, -0.15) is 0 Å². The molecule has 4 aliphatic rings. The highest BCUT2D eigenvalue weighted by Crippen LogP contribution is 2.54. The number of nitrogens with one attached hydrogen (secondary N) is 2. The number of anilines is 4. The molecule has 0 radical (unpaired) electrons. The topological polar surface area (TPSA) is 105 Å². The van der Waals surface area contributed by atoms with Crippen LogP contribution in [0.5, 0.6) is 0 Å². The maximum atomic E-state index is 14.0. The first-order chi connectivity index (χ1) is 20.4. The Bertz CT molecular complexity index is 1490. The van der Waals surface area contributed by atoms with Crippen molar-refractivity contribution < 1.29 is 27.1 Å². The molecule has 3 heterocycles. The van der Waals surface area contributed by atoms with E-state index in [0.717, 1.165) is 55.8 Å². The molecular weight excluding hydrogens is 576 g/mol. The van der Waals surface area contributed by atoms with Gasteiger partial charge in [0.1, 0.15) is 0 Å². The van der Waals surface area contributed by atoms with Crippen LogP contribution < -0.4 is 24.7 Å². The smallest absolute Gasteiger partial charge is 0.255 e. The third-order valence-electron chi connectivity index (χ3n) is 9.64. The van der Waals surface area contributed by atoms with E-state index in [1.807, 2.05) is 18.0 Å². The molecule has 9 nitrogen and oxygen atoms in total. The van der Waals surface area contributed by atoms with Gasteiger partial charge in [-0.1, -0.05) is 0 Å². The van der Waals surface area contributed by atoms with Crippen molar-refractivity contribution >= 4 is 38.7 Å². The average Bonchev–Trinajstić information content (AvgIpc) is 3.63. The molecule has 12 heteroatoms. The highest BCUT2D eigenvalue weighted by Gasteiger charge is 2.44. The second-order valence-electron chi connectivity index (χ2n) is 12.8.